The number of aromatic nitrogens is 2. The van der Waals surface area contributed by atoms with E-state index in [0.29, 0.717) is 11.5 Å². The van der Waals surface area contributed by atoms with Crippen LogP contribution in [0.2, 0.25) is 0 Å². The summed E-state index contributed by atoms with van der Waals surface area (Å²) in [6.45, 7) is 6.15. The average molecular weight is 413 g/mol. The molecule has 8 heteroatoms. The van der Waals surface area contributed by atoms with Crippen LogP contribution < -0.4 is 10.0 Å². The van der Waals surface area contributed by atoms with Crippen LogP contribution in [0.4, 0.5) is 5.95 Å². The van der Waals surface area contributed by atoms with Crippen molar-refractivity contribution in [2.24, 2.45) is 0 Å². The number of amides is 1. The van der Waals surface area contributed by atoms with Crippen LogP contribution in [0.15, 0.2) is 59.5 Å². The average Bonchev–Trinajstić information content (AvgIpc) is 3.04. The zero-order valence-corrected chi connectivity index (χ0v) is 17.6. The third-order valence-corrected chi connectivity index (χ3v) is 5.78. The topological polar surface area (TPSA) is 93.1 Å². The monoisotopic (exact) mass is 412 g/mol. The predicted molar refractivity (Wildman–Crippen MR) is 115 cm³/mol. The first-order valence-electron chi connectivity index (χ1n) is 9.12. The Bertz CT molecular complexity index is 1170. The summed E-state index contributed by atoms with van der Waals surface area (Å²) in [6, 6.07) is 14.0. The highest BCUT2D eigenvalue weighted by Crippen LogP contribution is 2.27. The summed E-state index contributed by atoms with van der Waals surface area (Å²) < 4.78 is 27.8. The standard InChI is InChI=1S/C21H24N4O3S/c1-21(2,3)25-18-8-6-5-7-17(18)23-20(25)24-19(26)14-11-15-9-12-16(13-10-15)29(27,28)22-4/h5-14,22H,1-4H3,(H,23,24,26)/b14-11+. The summed E-state index contributed by atoms with van der Waals surface area (Å²) in [6.07, 6.45) is 3.02. The van der Waals surface area contributed by atoms with Crippen LogP contribution in [0.3, 0.4) is 0 Å². The second-order valence-electron chi connectivity index (χ2n) is 7.53. The molecular formula is C21H24N4O3S. The second kappa shape index (κ2) is 7.81. The lowest BCUT2D eigenvalue weighted by Gasteiger charge is -2.24. The summed E-state index contributed by atoms with van der Waals surface area (Å²) in [5, 5.41) is 2.84. The Morgan fingerprint density at radius 1 is 1.07 bits per heavy atom. The van der Waals surface area contributed by atoms with E-state index < -0.39 is 10.0 Å². The van der Waals surface area contributed by atoms with Crippen LogP contribution in [-0.2, 0) is 20.4 Å². The number of hydrogen-bond donors (Lipinski definition) is 2. The number of fused-ring (bicyclic) bond motifs is 1. The Balaban J connectivity index is 1.81. The van der Waals surface area contributed by atoms with E-state index in [1.165, 1.54) is 25.3 Å². The maximum absolute atomic E-state index is 12.5. The van der Waals surface area contributed by atoms with Crippen LogP contribution in [0.1, 0.15) is 26.3 Å². The van der Waals surface area contributed by atoms with E-state index in [9.17, 15) is 13.2 Å². The Morgan fingerprint density at radius 3 is 2.34 bits per heavy atom. The Hall–Kier alpha value is -2.97. The van der Waals surface area contributed by atoms with Crippen molar-refractivity contribution in [2.45, 2.75) is 31.2 Å². The van der Waals surface area contributed by atoms with Crippen molar-refractivity contribution in [3.63, 3.8) is 0 Å². The summed E-state index contributed by atoms with van der Waals surface area (Å²) >= 11 is 0. The highest BCUT2D eigenvalue weighted by Gasteiger charge is 2.22. The van der Waals surface area contributed by atoms with Gasteiger partial charge in [0.15, 0.2) is 0 Å². The summed E-state index contributed by atoms with van der Waals surface area (Å²) in [5.74, 6) is 0.154. The zero-order valence-electron chi connectivity index (χ0n) is 16.8. The summed E-state index contributed by atoms with van der Waals surface area (Å²) in [7, 11) is -2.12. The molecule has 2 N–H and O–H groups in total. The third-order valence-electron chi connectivity index (χ3n) is 4.35. The van der Waals surface area contributed by atoms with Gasteiger partial charge in [0.1, 0.15) is 0 Å². The van der Waals surface area contributed by atoms with Gasteiger partial charge in [-0.3, -0.25) is 10.1 Å². The van der Waals surface area contributed by atoms with Crippen LogP contribution in [0.25, 0.3) is 17.1 Å². The van der Waals surface area contributed by atoms with Crippen molar-refractivity contribution in [3.8, 4) is 0 Å². The summed E-state index contributed by atoms with van der Waals surface area (Å²) in [4.78, 5) is 17.2. The van der Waals surface area contributed by atoms with E-state index in [2.05, 4.69) is 15.0 Å². The highest BCUT2D eigenvalue weighted by molar-refractivity contribution is 7.89. The van der Waals surface area contributed by atoms with Crippen molar-refractivity contribution in [1.29, 1.82) is 0 Å². The minimum absolute atomic E-state index is 0.167. The van der Waals surface area contributed by atoms with E-state index in [-0.39, 0.29) is 16.3 Å². The highest BCUT2D eigenvalue weighted by atomic mass is 32.2. The molecule has 152 valence electrons. The maximum Gasteiger partial charge on any atom is 0.250 e. The molecule has 29 heavy (non-hydrogen) atoms. The molecule has 0 aliphatic rings. The fourth-order valence-electron chi connectivity index (χ4n) is 2.99. The first-order chi connectivity index (χ1) is 13.6. The molecule has 0 radical (unpaired) electrons. The van der Waals surface area contributed by atoms with Crippen LogP contribution in [0.5, 0.6) is 0 Å². The van der Waals surface area contributed by atoms with Gasteiger partial charge in [-0.1, -0.05) is 24.3 Å². The fraction of sp³-hybridized carbons (Fsp3) is 0.238. The second-order valence-corrected chi connectivity index (χ2v) is 9.42. The Labute approximate surface area is 170 Å². The van der Waals surface area contributed by atoms with Gasteiger partial charge in [0.25, 0.3) is 5.91 Å². The number of para-hydroxylation sites is 2. The number of anilines is 1. The van der Waals surface area contributed by atoms with Crippen molar-refractivity contribution in [3.05, 3.63) is 60.2 Å². The SMILES string of the molecule is CNS(=O)(=O)c1ccc(/C=C/C(=O)Nc2nc3ccccc3n2C(C)(C)C)cc1. The van der Waals surface area contributed by atoms with Gasteiger partial charge in [0.05, 0.1) is 15.9 Å². The summed E-state index contributed by atoms with van der Waals surface area (Å²) in [5.41, 5.74) is 2.19. The smallest absolute Gasteiger partial charge is 0.250 e. The van der Waals surface area contributed by atoms with Crippen molar-refractivity contribution in [2.75, 3.05) is 12.4 Å². The first kappa shape index (κ1) is 20.8. The Kier molecular flexibility index (Phi) is 5.59. The molecule has 3 rings (SSSR count). The molecule has 0 aliphatic heterocycles. The molecule has 2 aromatic carbocycles. The molecule has 1 aromatic heterocycles. The molecule has 0 spiro atoms. The lowest BCUT2D eigenvalue weighted by molar-refractivity contribution is -0.111. The number of carbonyl (C=O) groups excluding carboxylic acids is 1. The normalized spacial score (nSPS) is 12.6. The van der Waals surface area contributed by atoms with Gasteiger partial charge >= 0.3 is 0 Å². The number of benzene rings is 2. The fourth-order valence-corrected chi connectivity index (χ4v) is 3.72. The van der Waals surface area contributed by atoms with Crippen LogP contribution in [-0.4, -0.2) is 30.9 Å². The number of hydrogen-bond acceptors (Lipinski definition) is 4. The van der Waals surface area contributed by atoms with Crippen molar-refractivity contribution in [1.82, 2.24) is 14.3 Å². The molecule has 0 atom stereocenters. The maximum atomic E-state index is 12.5. The van der Waals surface area contributed by atoms with E-state index in [1.54, 1.807) is 18.2 Å². The van der Waals surface area contributed by atoms with E-state index in [1.807, 2.05) is 49.6 Å². The molecule has 0 fully saturated rings. The van der Waals surface area contributed by atoms with E-state index >= 15 is 0 Å². The molecule has 0 saturated carbocycles. The van der Waals surface area contributed by atoms with Crippen molar-refractivity contribution < 1.29 is 13.2 Å². The van der Waals surface area contributed by atoms with Gasteiger partial charge in [-0.25, -0.2) is 18.1 Å². The number of nitrogens with zero attached hydrogens (tertiary/aromatic N) is 2. The van der Waals surface area contributed by atoms with Gasteiger partial charge in [0, 0.05) is 11.6 Å². The quantitative estimate of drug-likeness (QED) is 0.629. The van der Waals surface area contributed by atoms with Crippen LogP contribution in [0, 0.1) is 0 Å². The number of rotatable bonds is 5. The number of nitrogens with one attached hydrogen (secondary N) is 2. The Morgan fingerprint density at radius 2 is 1.72 bits per heavy atom. The number of carbonyl (C=O) groups is 1. The molecule has 1 amide bonds. The number of sulfonamides is 1. The molecule has 7 nitrogen and oxygen atoms in total. The van der Waals surface area contributed by atoms with Gasteiger partial charge in [-0.15, -0.1) is 0 Å². The van der Waals surface area contributed by atoms with Gasteiger partial charge in [-0.2, -0.15) is 0 Å². The lowest BCUT2D eigenvalue weighted by Crippen LogP contribution is -2.25. The van der Waals surface area contributed by atoms with Crippen LogP contribution >= 0.6 is 0 Å². The van der Waals surface area contributed by atoms with Gasteiger partial charge in [0.2, 0.25) is 16.0 Å². The van der Waals surface area contributed by atoms with E-state index in [4.69, 9.17) is 0 Å². The van der Waals surface area contributed by atoms with E-state index in [0.717, 1.165) is 11.0 Å². The molecule has 3 aromatic rings. The molecule has 0 bridgehead atoms. The minimum Gasteiger partial charge on any atom is -0.305 e. The number of imidazole rings is 1. The van der Waals surface area contributed by atoms with Gasteiger partial charge in [-0.05, 0) is 63.7 Å². The molecule has 0 saturated heterocycles. The molecule has 1 heterocycles. The molecular weight excluding hydrogens is 388 g/mol. The lowest BCUT2D eigenvalue weighted by atomic mass is 10.1. The predicted octanol–water partition coefficient (Wildman–Crippen LogP) is 3.35. The van der Waals surface area contributed by atoms with Crippen molar-refractivity contribution >= 4 is 39.0 Å². The third kappa shape index (κ3) is 4.55. The van der Waals surface area contributed by atoms with Gasteiger partial charge < -0.3 is 4.57 Å². The zero-order chi connectivity index (χ0) is 21.2. The first-order valence-corrected chi connectivity index (χ1v) is 10.6. The molecule has 0 unspecified atom stereocenters. The largest absolute Gasteiger partial charge is 0.305 e. The minimum atomic E-state index is -3.48. The molecule has 0 aliphatic carbocycles.